The molecule has 0 fully saturated rings. The van der Waals surface area contributed by atoms with E-state index in [1.807, 2.05) is 6.92 Å². The molecule has 2 aromatic heterocycles. The fourth-order valence-electron chi connectivity index (χ4n) is 4.16. The van der Waals surface area contributed by atoms with Gasteiger partial charge in [-0.15, -0.1) is 0 Å². The van der Waals surface area contributed by atoms with Crippen molar-refractivity contribution in [2.75, 3.05) is 17.1 Å². The van der Waals surface area contributed by atoms with Crippen LogP contribution in [0.4, 0.5) is 20.4 Å². The highest BCUT2D eigenvalue weighted by atomic mass is 32.2. The predicted molar refractivity (Wildman–Crippen MR) is 128 cm³/mol. The largest absolute Gasteiger partial charge is 0.480 e. The first-order chi connectivity index (χ1) is 16.7. The van der Waals surface area contributed by atoms with Gasteiger partial charge in [0.25, 0.3) is 5.56 Å². The Morgan fingerprint density at radius 3 is 2.80 bits per heavy atom. The van der Waals surface area contributed by atoms with E-state index in [-0.39, 0.29) is 23.2 Å². The maximum absolute atomic E-state index is 14.3. The van der Waals surface area contributed by atoms with Gasteiger partial charge < -0.3 is 10.1 Å². The number of methoxy groups -OCH3 is 1. The Morgan fingerprint density at radius 2 is 2.06 bits per heavy atom. The number of benzene rings is 1. The van der Waals surface area contributed by atoms with E-state index in [1.54, 1.807) is 22.8 Å². The van der Waals surface area contributed by atoms with E-state index in [1.165, 1.54) is 19.4 Å². The molecule has 12 heteroatoms. The minimum Gasteiger partial charge on any atom is -0.480 e. The zero-order chi connectivity index (χ0) is 24.9. The summed E-state index contributed by atoms with van der Waals surface area (Å²) in [4.78, 5) is 21.7. The van der Waals surface area contributed by atoms with Crippen LogP contribution in [0, 0.1) is 0 Å². The van der Waals surface area contributed by atoms with Crippen molar-refractivity contribution in [2.45, 2.75) is 30.9 Å². The van der Waals surface area contributed by atoms with Gasteiger partial charge in [-0.2, -0.15) is 0 Å². The number of nitrogens with one attached hydrogen (secondary N) is 2. The molecule has 0 radical (unpaired) electrons. The zero-order valence-electron chi connectivity index (χ0n) is 18.7. The maximum Gasteiger partial charge on any atom is 0.262 e. The first kappa shape index (κ1) is 23.0. The molecular weight excluding hydrogens is 480 g/mol. The van der Waals surface area contributed by atoms with Gasteiger partial charge >= 0.3 is 0 Å². The number of ether oxygens (including phenoxy) is 1. The van der Waals surface area contributed by atoms with Crippen LogP contribution in [-0.4, -0.2) is 47.5 Å². The zero-order valence-corrected chi connectivity index (χ0v) is 19.5. The highest BCUT2D eigenvalue weighted by Gasteiger charge is 2.34. The normalized spacial score (nSPS) is 21.4. The van der Waals surface area contributed by atoms with Crippen molar-refractivity contribution < 1.29 is 21.9 Å². The third kappa shape index (κ3) is 4.14. The van der Waals surface area contributed by atoms with Crippen LogP contribution in [0.15, 0.2) is 59.3 Å². The van der Waals surface area contributed by atoms with Gasteiger partial charge in [-0.3, -0.25) is 14.1 Å². The highest BCUT2D eigenvalue weighted by molar-refractivity contribution is 7.93. The van der Waals surface area contributed by atoms with Crippen molar-refractivity contribution in [2.24, 2.45) is 0 Å². The Morgan fingerprint density at radius 1 is 1.26 bits per heavy atom. The number of aromatic nitrogens is 3. The quantitative estimate of drug-likeness (QED) is 0.552. The molecule has 3 atom stereocenters. The lowest BCUT2D eigenvalue weighted by Crippen LogP contribution is -2.34. The molecule has 0 spiro atoms. The van der Waals surface area contributed by atoms with Crippen molar-refractivity contribution in [3.63, 3.8) is 0 Å². The number of pyridine rings is 1. The monoisotopic (exact) mass is 501 g/mol. The summed E-state index contributed by atoms with van der Waals surface area (Å²) in [6.07, 6.45) is 1.87. The van der Waals surface area contributed by atoms with Gasteiger partial charge in [-0.05, 0) is 42.8 Å². The molecule has 3 unspecified atom stereocenters. The summed E-state index contributed by atoms with van der Waals surface area (Å²) in [5.74, 6) is -0.361. The molecule has 0 bridgehead atoms. The topological polar surface area (TPSA) is 115 Å². The van der Waals surface area contributed by atoms with E-state index in [2.05, 4.69) is 20.0 Å². The number of allylic oxidation sites excluding steroid dienone is 3. The third-order valence-electron chi connectivity index (χ3n) is 5.85. The second kappa shape index (κ2) is 8.45. The van der Waals surface area contributed by atoms with Crippen molar-refractivity contribution >= 4 is 32.6 Å². The summed E-state index contributed by atoms with van der Waals surface area (Å²) in [5.41, 5.74) is 1.39. The van der Waals surface area contributed by atoms with Crippen LogP contribution < -0.4 is 20.3 Å². The predicted octanol–water partition coefficient (Wildman–Crippen LogP) is 3.15. The van der Waals surface area contributed by atoms with Gasteiger partial charge in [-0.1, -0.05) is 12.1 Å². The molecule has 182 valence electrons. The third-order valence-corrected chi connectivity index (χ3v) is 7.49. The Balaban J connectivity index is 1.53. The van der Waals surface area contributed by atoms with Gasteiger partial charge in [0.15, 0.2) is 0 Å². The lowest BCUT2D eigenvalue weighted by Gasteiger charge is -2.20. The van der Waals surface area contributed by atoms with Crippen LogP contribution in [0.3, 0.4) is 0 Å². The Labute approximate surface area is 199 Å². The molecule has 1 aliphatic carbocycles. The number of hydrogen-bond acceptors (Lipinski definition) is 7. The van der Waals surface area contributed by atoms with E-state index in [4.69, 9.17) is 4.74 Å². The van der Waals surface area contributed by atoms with Crippen LogP contribution in [0.2, 0.25) is 0 Å². The SMILES string of the molecule is COc1ncc(-c2ccc3nc4n(c(=O)c3c2)CC(C)N4)cc1NS(=O)(=O)C1C=CC(F)=CC1F. The van der Waals surface area contributed by atoms with Gasteiger partial charge in [-0.25, -0.2) is 27.2 Å². The number of halogens is 2. The molecule has 3 aromatic rings. The fourth-order valence-corrected chi connectivity index (χ4v) is 5.45. The van der Waals surface area contributed by atoms with Crippen molar-refractivity contribution in [1.29, 1.82) is 0 Å². The lowest BCUT2D eigenvalue weighted by molar-refractivity contribution is 0.390. The molecule has 3 heterocycles. The Hall–Kier alpha value is -3.80. The molecule has 5 rings (SSSR count). The van der Waals surface area contributed by atoms with Crippen molar-refractivity contribution in [3.05, 3.63) is 64.9 Å². The average Bonchev–Trinajstić information content (AvgIpc) is 3.19. The summed E-state index contributed by atoms with van der Waals surface area (Å²) < 4.78 is 62.3. The van der Waals surface area contributed by atoms with Crippen LogP contribution in [0.5, 0.6) is 5.88 Å². The highest BCUT2D eigenvalue weighted by Crippen LogP contribution is 2.32. The molecule has 9 nitrogen and oxygen atoms in total. The molecule has 35 heavy (non-hydrogen) atoms. The molecule has 1 aromatic carbocycles. The minimum absolute atomic E-state index is 0.0254. The number of nitrogens with zero attached hydrogens (tertiary/aromatic N) is 3. The Bertz CT molecular complexity index is 1570. The molecule has 0 saturated heterocycles. The number of anilines is 2. The van der Waals surface area contributed by atoms with Crippen molar-refractivity contribution in [1.82, 2.24) is 14.5 Å². The Kier molecular flexibility index (Phi) is 5.55. The standard InChI is InChI=1S/C23H21F2N5O4S/c1-12-11-30-22(31)16-7-13(3-5-18(16)28-23(30)27-12)14-8-19(21(34-2)26-10-14)29-35(32,33)20-6-4-15(24)9-17(20)25/h3-10,12,17,20,29H,11H2,1-2H3,(H,27,28). The van der Waals surface area contributed by atoms with Crippen LogP contribution in [0.1, 0.15) is 6.92 Å². The minimum atomic E-state index is -4.31. The summed E-state index contributed by atoms with van der Waals surface area (Å²) in [6.45, 7) is 2.46. The molecule has 2 N–H and O–H groups in total. The maximum atomic E-state index is 14.3. The van der Waals surface area contributed by atoms with E-state index in [0.717, 1.165) is 12.2 Å². The van der Waals surface area contributed by atoms with E-state index >= 15 is 0 Å². The number of rotatable bonds is 5. The number of sulfonamides is 1. The average molecular weight is 502 g/mol. The first-order valence-corrected chi connectivity index (χ1v) is 12.3. The number of alkyl halides is 1. The van der Waals surface area contributed by atoms with Crippen LogP contribution >= 0.6 is 0 Å². The second-order valence-corrected chi connectivity index (χ2v) is 10.2. The first-order valence-electron chi connectivity index (χ1n) is 10.7. The molecule has 1 aliphatic heterocycles. The summed E-state index contributed by atoms with van der Waals surface area (Å²) >= 11 is 0. The van der Waals surface area contributed by atoms with Gasteiger partial charge in [0.1, 0.15) is 22.9 Å². The van der Waals surface area contributed by atoms with Gasteiger partial charge in [0.2, 0.25) is 21.9 Å². The van der Waals surface area contributed by atoms with Gasteiger partial charge in [0, 0.05) is 24.3 Å². The smallest absolute Gasteiger partial charge is 0.262 e. The fraction of sp³-hybridized carbons (Fsp3) is 0.261. The van der Waals surface area contributed by atoms with E-state index in [9.17, 15) is 22.0 Å². The van der Waals surface area contributed by atoms with E-state index < -0.39 is 27.3 Å². The van der Waals surface area contributed by atoms with Crippen LogP contribution in [0.25, 0.3) is 22.0 Å². The summed E-state index contributed by atoms with van der Waals surface area (Å²) in [7, 11) is -2.99. The molecule has 2 aliphatic rings. The van der Waals surface area contributed by atoms with E-state index in [0.29, 0.717) is 40.6 Å². The molecule has 0 amide bonds. The summed E-state index contributed by atoms with van der Waals surface area (Å²) in [6, 6.07) is 6.66. The molecule has 0 saturated carbocycles. The summed E-state index contributed by atoms with van der Waals surface area (Å²) in [5, 5.41) is 1.94. The van der Waals surface area contributed by atoms with Gasteiger partial charge in [0.05, 0.1) is 18.0 Å². The molecular formula is C23H21F2N5O4S. The second-order valence-electron chi connectivity index (χ2n) is 8.38. The number of fused-ring (bicyclic) bond motifs is 2. The van der Waals surface area contributed by atoms with Crippen molar-refractivity contribution in [3.8, 4) is 17.0 Å². The number of hydrogen-bond donors (Lipinski definition) is 2. The lowest BCUT2D eigenvalue weighted by atomic mass is 10.1. The van der Waals surface area contributed by atoms with Crippen LogP contribution in [-0.2, 0) is 16.6 Å².